The van der Waals surface area contributed by atoms with E-state index in [1.165, 1.54) is 12.5 Å². The van der Waals surface area contributed by atoms with Crippen LogP contribution in [0.5, 0.6) is 0 Å². The number of hydrogen-bond acceptors (Lipinski definition) is 6. The Labute approximate surface area is 256 Å². The average molecular weight is 600 g/mol. The van der Waals surface area contributed by atoms with E-state index in [1.807, 2.05) is 18.0 Å². The number of likely N-dealkylation sites (tertiary alicyclic amines) is 1. The van der Waals surface area contributed by atoms with Gasteiger partial charge in [0.05, 0.1) is 36.7 Å². The summed E-state index contributed by atoms with van der Waals surface area (Å²) in [7, 11) is 1.87. The smallest absolute Gasteiger partial charge is 0.270 e. The molecule has 0 saturated carbocycles. The lowest BCUT2D eigenvalue weighted by molar-refractivity contribution is -0.132. The number of aromatic nitrogens is 7. The van der Waals surface area contributed by atoms with Crippen molar-refractivity contribution >= 4 is 22.7 Å². The highest BCUT2D eigenvalue weighted by molar-refractivity contribution is 6.03. The first-order chi connectivity index (χ1) is 21.4. The van der Waals surface area contributed by atoms with Crippen LogP contribution in [0.1, 0.15) is 61.3 Å². The third-order valence-electron chi connectivity index (χ3n) is 8.43. The SMILES string of the molecule is CCc1ccncc1-c1ccc(F)c2[nH]c(C(=O)N3Cc4cnn(C)c4C3)cc12.O=C(CCn1ccnn1)N1CCCCC1.[HH]. The number of fused-ring (bicyclic) bond motifs is 2. The molecule has 5 aromatic rings. The summed E-state index contributed by atoms with van der Waals surface area (Å²) in [6, 6.07) is 6.92. The highest BCUT2D eigenvalue weighted by atomic mass is 19.1. The van der Waals surface area contributed by atoms with E-state index in [1.54, 1.807) is 57.4 Å². The lowest BCUT2D eigenvalue weighted by Crippen LogP contribution is -2.36. The number of nitrogens with one attached hydrogen (secondary N) is 1. The molecule has 1 fully saturated rings. The predicted octanol–water partition coefficient (Wildman–Crippen LogP) is 4.75. The Morgan fingerprint density at radius 3 is 2.61 bits per heavy atom. The van der Waals surface area contributed by atoms with Crippen molar-refractivity contribution in [3.63, 3.8) is 0 Å². The van der Waals surface area contributed by atoms with Crippen LogP contribution in [-0.2, 0) is 37.9 Å². The number of nitrogens with zero attached hydrogens (tertiary/aromatic N) is 8. The minimum Gasteiger partial charge on any atom is -0.348 e. The molecule has 0 radical (unpaired) electrons. The number of benzene rings is 1. The fourth-order valence-electron chi connectivity index (χ4n) is 5.97. The van der Waals surface area contributed by atoms with Crippen molar-refractivity contribution in [3.8, 4) is 11.1 Å². The molecule has 4 aromatic heterocycles. The Morgan fingerprint density at radius 1 is 1.02 bits per heavy atom. The Bertz CT molecular complexity index is 1780. The molecule has 1 N–H and O–H groups in total. The summed E-state index contributed by atoms with van der Waals surface area (Å²) in [5.74, 6) is -0.284. The zero-order chi connectivity index (χ0) is 30.6. The molecule has 44 heavy (non-hydrogen) atoms. The molecular weight excluding hydrogens is 561 g/mol. The molecule has 0 bridgehead atoms. The largest absolute Gasteiger partial charge is 0.348 e. The van der Waals surface area contributed by atoms with Crippen molar-refractivity contribution in [1.82, 2.24) is 44.5 Å². The second kappa shape index (κ2) is 12.8. The van der Waals surface area contributed by atoms with E-state index in [2.05, 4.69) is 32.3 Å². The number of aromatic amines is 1. The zero-order valence-electron chi connectivity index (χ0n) is 25.0. The molecule has 0 atom stereocenters. The van der Waals surface area contributed by atoms with Gasteiger partial charge in [-0.2, -0.15) is 5.10 Å². The van der Waals surface area contributed by atoms with Crippen LogP contribution in [0.15, 0.2) is 55.2 Å². The van der Waals surface area contributed by atoms with Gasteiger partial charge in [0.2, 0.25) is 5.91 Å². The molecule has 0 spiro atoms. The van der Waals surface area contributed by atoms with Crippen molar-refractivity contribution in [1.29, 1.82) is 0 Å². The fourth-order valence-corrected chi connectivity index (χ4v) is 5.97. The molecule has 0 unspecified atom stereocenters. The van der Waals surface area contributed by atoms with Gasteiger partial charge < -0.3 is 14.8 Å². The molecular formula is C32H38FN9O2. The molecule has 0 aliphatic carbocycles. The van der Waals surface area contributed by atoms with E-state index >= 15 is 0 Å². The standard InChI is InChI=1S/C22H20FN5O.C10H16N4O.H2/c1-3-13-6-7-24-10-17(13)15-4-5-18(23)21-16(15)8-19(26-21)22(29)28-11-14-9-25-27(2)20(14)12-28;15-10(13-6-2-1-3-7-13)4-8-14-9-5-11-12-14;/h4-10,26H,3,11-12H2,1-2H3;5,9H,1-4,6-8H2;1H. The lowest BCUT2D eigenvalue weighted by Gasteiger charge is -2.26. The molecule has 11 nitrogen and oxygen atoms in total. The van der Waals surface area contributed by atoms with Gasteiger partial charge in [-0.15, -0.1) is 5.10 Å². The molecule has 2 aliphatic heterocycles. The summed E-state index contributed by atoms with van der Waals surface area (Å²) < 4.78 is 18.0. The first-order valence-corrected chi connectivity index (χ1v) is 15.1. The van der Waals surface area contributed by atoms with E-state index in [9.17, 15) is 14.0 Å². The van der Waals surface area contributed by atoms with Gasteiger partial charge >= 0.3 is 0 Å². The number of aryl methyl sites for hydroxylation is 3. The van der Waals surface area contributed by atoms with E-state index in [0.717, 1.165) is 60.3 Å². The predicted molar refractivity (Wildman–Crippen MR) is 165 cm³/mol. The fraction of sp³-hybridized carbons (Fsp3) is 0.375. The van der Waals surface area contributed by atoms with Crippen molar-refractivity contribution < 1.29 is 15.4 Å². The summed E-state index contributed by atoms with van der Waals surface area (Å²) in [4.78, 5) is 35.8. The summed E-state index contributed by atoms with van der Waals surface area (Å²) in [6.07, 6.45) is 13.7. The first-order valence-electron chi connectivity index (χ1n) is 15.1. The maximum atomic E-state index is 14.6. The number of carbonyl (C=O) groups excluding carboxylic acids is 2. The highest BCUT2D eigenvalue weighted by Crippen LogP contribution is 2.34. The molecule has 6 heterocycles. The number of pyridine rings is 1. The number of piperidine rings is 1. The van der Waals surface area contributed by atoms with Gasteiger partial charge in [0, 0.05) is 69.6 Å². The quantitative estimate of drug-likeness (QED) is 0.301. The van der Waals surface area contributed by atoms with Crippen LogP contribution >= 0.6 is 0 Å². The number of amides is 2. The van der Waals surface area contributed by atoms with E-state index in [4.69, 9.17) is 0 Å². The average Bonchev–Trinajstić information content (AvgIpc) is 3.87. The van der Waals surface area contributed by atoms with Gasteiger partial charge in [-0.25, -0.2) is 4.39 Å². The van der Waals surface area contributed by atoms with Crippen LogP contribution < -0.4 is 0 Å². The molecule has 230 valence electrons. The van der Waals surface area contributed by atoms with Crippen LogP contribution in [-0.4, -0.2) is 69.4 Å². The molecule has 2 amide bonds. The van der Waals surface area contributed by atoms with Crippen LogP contribution in [0.4, 0.5) is 4.39 Å². The molecule has 12 heteroatoms. The number of carbonyl (C=O) groups is 2. The third-order valence-corrected chi connectivity index (χ3v) is 8.43. The number of rotatable bonds is 6. The van der Waals surface area contributed by atoms with Gasteiger partial charge in [0.15, 0.2) is 0 Å². The Morgan fingerprint density at radius 2 is 1.86 bits per heavy atom. The van der Waals surface area contributed by atoms with E-state index in [0.29, 0.717) is 42.7 Å². The molecule has 7 rings (SSSR count). The van der Waals surface area contributed by atoms with Gasteiger partial charge in [-0.3, -0.25) is 23.9 Å². The number of hydrogen-bond donors (Lipinski definition) is 1. The monoisotopic (exact) mass is 599 g/mol. The zero-order valence-corrected chi connectivity index (χ0v) is 25.0. The van der Waals surface area contributed by atoms with E-state index in [-0.39, 0.29) is 19.1 Å². The minimum absolute atomic E-state index is 0. The highest BCUT2D eigenvalue weighted by Gasteiger charge is 2.28. The van der Waals surface area contributed by atoms with Crippen LogP contribution in [0.25, 0.3) is 22.0 Å². The van der Waals surface area contributed by atoms with Crippen molar-refractivity contribution in [2.45, 2.75) is 58.7 Å². The van der Waals surface area contributed by atoms with Crippen LogP contribution in [0, 0.1) is 5.82 Å². The van der Waals surface area contributed by atoms with Gasteiger partial charge in [-0.05, 0) is 55.0 Å². The Hall–Kier alpha value is -4.87. The minimum atomic E-state index is -0.376. The van der Waals surface area contributed by atoms with Crippen LogP contribution in [0.3, 0.4) is 0 Å². The topological polar surface area (TPSA) is 118 Å². The number of halogens is 1. The van der Waals surface area contributed by atoms with Gasteiger partial charge in [0.1, 0.15) is 11.5 Å². The van der Waals surface area contributed by atoms with Gasteiger partial charge in [-0.1, -0.05) is 18.2 Å². The second-order valence-corrected chi connectivity index (χ2v) is 11.2. The molecule has 2 aliphatic rings. The maximum absolute atomic E-state index is 14.6. The summed E-state index contributed by atoms with van der Waals surface area (Å²) in [5.41, 5.74) is 5.76. The van der Waals surface area contributed by atoms with E-state index < -0.39 is 0 Å². The summed E-state index contributed by atoms with van der Waals surface area (Å²) >= 11 is 0. The normalized spacial score (nSPS) is 14.4. The maximum Gasteiger partial charge on any atom is 0.270 e. The number of H-pyrrole nitrogens is 1. The van der Waals surface area contributed by atoms with Crippen molar-refractivity contribution in [3.05, 3.63) is 83.6 Å². The molecule has 1 saturated heterocycles. The Balaban J connectivity index is 0.000000212. The summed E-state index contributed by atoms with van der Waals surface area (Å²) in [5, 5.41) is 12.4. The van der Waals surface area contributed by atoms with Crippen molar-refractivity contribution in [2.24, 2.45) is 7.05 Å². The second-order valence-electron chi connectivity index (χ2n) is 11.2. The third kappa shape index (κ3) is 5.97. The molecule has 1 aromatic carbocycles. The summed E-state index contributed by atoms with van der Waals surface area (Å²) in [6.45, 7) is 5.57. The lowest BCUT2D eigenvalue weighted by atomic mass is 9.97. The van der Waals surface area contributed by atoms with Gasteiger partial charge in [0.25, 0.3) is 5.91 Å². The van der Waals surface area contributed by atoms with Crippen molar-refractivity contribution in [2.75, 3.05) is 13.1 Å². The van der Waals surface area contributed by atoms with Crippen LogP contribution in [0.2, 0.25) is 0 Å². The first kappa shape index (κ1) is 29.2. The Kier molecular flexibility index (Phi) is 8.49.